The number of halogens is 1. The van der Waals surface area contributed by atoms with Crippen LogP contribution in [0.25, 0.3) is 0 Å². The van der Waals surface area contributed by atoms with Crippen molar-refractivity contribution >= 4 is 5.91 Å². The van der Waals surface area contributed by atoms with Crippen molar-refractivity contribution in [2.24, 2.45) is 5.92 Å². The molecule has 2 rings (SSSR count). The Morgan fingerprint density at radius 1 is 1.58 bits per heavy atom. The second-order valence-electron chi connectivity index (χ2n) is 5.33. The van der Waals surface area contributed by atoms with Crippen LogP contribution in [0.3, 0.4) is 0 Å². The lowest BCUT2D eigenvalue weighted by atomic mass is 9.99. The number of nitrogens with one attached hydrogen (secondary N) is 1. The van der Waals surface area contributed by atoms with Crippen molar-refractivity contribution in [1.82, 2.24) is 10.2 Å². The molecule has 1 fully saturated rings. The van der Waals surface area contributed by atoms with Crippen LogP contribution in [0.1, 0.15) is 18.9 Å². The molecule has 0 aliphatic carbocycles. The Bertz CT molecular complexity index is 444. The van der Waals surface area contributed by atoms with Gasteiger partial charge < -0.3 is 10.2 Å². The molecule has 2 unspecified atom stereocenters. The van der Waals surface area contributed by atoms with Crippen molar-refractivity contribution in [3.63, 3.8) is 0 Å². The van der Waals surface area contributed by atoms with Crippen molar-refractivity contribution in [3.8, 4) is 0 Å². The summed E-state index contributed by atoms with van der Waals surface area (Å²) in [5, 5.41) is 3.26. The first-order valence-electron chi connectivity index (χ1n) is 6.79. The molecule has 0 spiro atoms. The number of nitrogens with zero attached hydrogens (tertiary/aromatic N) is 1. The summed E-state index contributed by atoms with van der Waals surface area (Å²) in [5.41, 5.74) is 0.874. The molecule has 19 heavy (non-hydrogen) atoms. The first-order valence-corrected chi connectivity index (χ1v) is 6.79. The zero-order chi connectivity index (χ0) is 13.8. The highest BCUT2D eigenvalue weighted by Crippen LogP contribution is 2.15. The molecule has 1 aromatic carbocycles. The Morgan fingerprint density at radius 3 is 3.00 bits per heavy atom. The molecule has 1 aliphatic heterocycles. The monoisotopic (exact) mass is 264 g/mol. The molecular weight excluding hydrogens is 243 g/mol. The number of benzene rings is 1. The van der Waals surface area contributed by atoms with Crippen LogP contribution in [0, 0.1) is 11.7 Å². The fourth-order valence-electron chi connectivity index (χ4n) is 2.60. The molecule has 0 aromatic heterocycles. The van der Waals surface area contributed by atoms with Gasteiger partial charge in [-0.3, -0.25) is 4.79 Å². The summed E-state index contributed by atoms with van der Waals surface area (Å²) >= 11 is 0. The number of rotatable bonds is 4. The van der Waals surface area contributed by atoms with E-state index in [-0.39, 0.29) is 17.6 Å². The van der Waals surface area contributed by atoms with E-state index in [1.165, 1.54) is 12.1 Å². The molecule has 3 nitrogen and oxygen atoms in total. The molecule has 0 saturated carbocycles. The van der Waals surface area contributed by atoms with Gasteiger partial charge in [0.25, 0.3) is 0 Å². The van der Waals surface area contributed by atoms with Gasteiger partial charge in [0.1, 0.15) is 5.82 Å². The van der Waals surface area contributed by atoms with Crippen LogP contribution in [0.4, 0.5) is 4.39 Å². The third kappa shape index (κ3) is 3.53. The quantitative estimate of drug-likeness (QED) is 0.899. The van der Waals surface area contributed by atoms with Crippen molar-refractivity contribution in [2.45, 2.75) is 25.8 Å². The van der Waals surface area contributed by atoms with Gasteiger partial charge in [-0.2, -0.15) is 0 Å². The molecule has 0 bridgehead atoms. The molecular formula is C15H21FN2O. The van der Waals surface area contributed by atoms with Gasteiger partial charge in [0.2, 0.25) is 5.91 Å². The predicted octanol–water partition coefficient (Wildman–Crippen LogP) is 1.82. The summed E-state index contributed by atoms with van der Waals surface area (Å²) in [4.78, 5) is 14.2. The molecule has 1 aromatic rings. The Labute approximate surface area is 113 Å². The SMILES string of the molecule is CC(Cc1cccc(F)c1)C(=O)N(C)C1CCNC1. The van der Waals surface area contributed by atoms with Crippen LogP contribution >= 0.6 is 0 Å². The molecule has 1 heterocycles. The molecule has 4 heteroatoms. The van der Waals surface area contributed by atoms with Crippen molar-refractivity contribution in [2.75, 3.05) is 20.1 Å². The fraction of sp³-hybridized carbons (Fsp3) is 0.533. The third-order valence-corrected chi connectivity index (χ3v) is 3.78. The van der Waals surface area contributed by atoms with Crippen LogP contribution in [0.5, 0.6) is 0 Å². The van der Waals surface area contributed by atoms with Crippen molar-refractivity contribution in [3.05, 3.63) is 35.6 Å². The number of carbonyl (C=O) groups excluding carboxylic acids is 1. The molecule has 1 aliphatic rings. The number of carbonyl (C=O) groups is 1. The first kappa shape index (κ1) is 14.0. The largest absolute Gasteiger partial charge is 0.341 e. The van der Waals surface area contributed by atoms with Gasteiger partial charge >= 0.3 is 0 Å². The molecule has 1 N–H and O–H groups in total. The van der Waals surface area contributed by atoms with E-state index >= 15 is 0 Å². The van der Waals surface area contributed by atoms with Crippen molar-refractivity contribution < 1.29 is 9.18 Å². The van der Waals surface area contributed by atoms with Gasteiger partial charge in [0, 0.05) is 25.6 Å². The average molecular weight is 264 g/mol. The van der Waals surface area contributed by atoms with E-state index in [1.807, 2.05) is 24.9 Å². The number of amides is 1. The van der Waals surface area contributed by atoms with Gasteiger partial charge in [0.05, 0.1) is 0 Å². The van der Waals surface area contributed by atoms with Crippen LogP contribution < -0.4 is 5.32 Å². The lowest BCUT2D eigenvalue weighted by Crippen LogP contribution is -2.41. The summed E-state index contributed by atoms with van der Waals surface area (Å²) in [6, 6.07) is 6.77. The van der Waals surface area contributed by atoms with E-state index in [2.05, 4.69) is 5.32 Å². The highest BCUT2D eigenvalue weighted by molar-refractivity contribution is 5.79. The van der Waals surface area contributed by atoms with E-state index in [0.717, 1.165) is 25.1 Å². The summed E-state index contributed by atoms with van der Waals surface area (Å²) in [5.74, 6) is -0.226. The average Bonchev–Trinajstić information content (AvgIpc) is 2.90. The van der Waals surface area contributed by atoms with Crippen LogP contribution in [0.2, 0.25) is 0 Å². The second kappa shape index (κ2) is 6.15. The van der Waals surface area contributed by atoms with Gasteiger partial charge in [-0.1, -0.05) is 19.1 Å². The number of hydrogen-bond donors (Lipinski definition) is 1. The highest BCUT2D eigenvalue weighted by atomic mass is 19.1. The zero-order valence-corrected chi connectivity index (χ0v) is 11.5. The van der Waals surface area contributed by atoms with Gasteiger partial charge in [-0.05, 0) is 37.1 Å². The third-order valence-electron chi connectivity index (χ3n) is 3.78. The maximum atomic E-state index is 13.1. The number of likely N-dealkylation sites (N-methyl/N-ethyl adjacent to an activating group) is 1. The zero-order valence-electron chi connectivity index (χ0n) is 11.5. The van der Waals surface area contributed by atoms with E-state index in [4.69, 9.17) is 0 Å². The normalized spacial score (nSPS) is 20.3. The van der Waals surface area contributed by atoms with E-state index in [0.29, 0.717) is 12.5 Å². The Kier molecular flexibility index (Phi) is 4.53. The molecule has 104 valence electrons. The van der Waals surface area contributed by atoms with E-state index < -0.39 is 0 Å². The van der Waals surface area contributed by atoms with Gasteiger partial charge in [0.15, 0.2) is 0 Å². The standard InChI is InChI=1S/C15H21FN2O/c1-11(8-12-4-3-5-13(16)9-12)15(19)18(2)14-6-7-17-10-14/h3-5,9,11,14,17H,6-8,10H2,1-2H3. The lowest BCUT2D eigenvalue weighted by Gasteiger charge is -2.27. The summed E-state index contributed by atoms with van der Waals surface area (Å²) in [6.45, 7) is 3.75. The highest BCUT2D eigenvalue weighted by Gasteiger charge is 2.26. The molecule has 0 radical (unpaired) electrons. The summed E-state index contributed by atoms with van der Waals surface area (Å²) in [6.07, 6.45) is 1.59. The van der Waals surface area contributed by atoms with Crippen molar-refractivity contribution in [1.29, 1.82) is 0 Å². The maximum absolute atomic E-state index is 13.1. The van der Waals surface area contributed by atoms with Gasteiger partial charge in [-0.25, -0.2) is 4.39 Å². The molecule has 1 amide bonds. The van der Waals surface area contributed by atoms with Crippen LogP contribution in [-0.4, -0.2) is 37.0 Å². The summed E-state index contributed by atoms with van der Waals surface area (Å²) in [7, 11) is 1.86. The topological polar surface area (TPSA) is 32.3 Å². The predicted molar refractivity (Wildman–Crippen MR) is 73.3 cm³/mol. The summed E-state index contributed by atoms with van der Waals surface area (Å²) < 4.78 is 13.1. The Hall–Kier alpha value is -1.42. The Morgan fingerprint density at radius 2 is 2.37 bits per heavy atom. The minimum absolute atomic E-state index is 0.118. The van der Waals surface area contributed by atoms with Crippen LogP contribution in [0.15, 0.2) is 24.3 Å². The van der Waals surface area contributed by atoms with Gasteiger partial charge in [-0.15, -0.1) is 0 Å². The van der Waals surface area contributed by atoms with Crippen LogP contribution in [-0.2, 0) is 11.2 Å². The minimum atomic E-state index is -0.245. The first-order chi connectivity index (χ1) is 9.08. The smallest absolute Gasteiger partial charge is 0.225 e. The second-order valence-corrected chi connectivity index (χ2v) is 5.33. The minimum Gasteiger partial charge on any atom is -0.341 e. The molecule has 1 saturated heterocycles. The van der Waals surface area contributed by atoms with E-state index in [9.17, 15) is 9.18 Å². The van der Waals surface area contributed by atoms with E-state index in [1.54, 1.807) is 6.07 Å². The Balaban J connectivity index is 1.95. The number of hydrogen-bond acceptors (Lipinski definition) is 2. The lowest BCUT2D eigenvalue weighted by molar-refractivity contribution is -0.135. The molecule has 2 atom stereocenters. The maximum Gasteiger partial charge on any atom is 0.225 e. The fourth-order valence-corrected chi connectivity index (χ4v) is 2.60.